The molecule has 0 aliphatic carbocycles. The molecule has 1 heterocycles. The van der Waals surface area contributed by atoms with E-state index in [0.717, 1.165) is 6.42 Å². The standard InChI is InChI=1S/C16H19N3O5/c1-10(2)4-9-14(20)23-11(3)15-17-18-16(24-15)12-5-7-13(8-6-12)19(21)22/h5-8,10-11H,4,9H2,1-3H3/t11-/m0/s1. The lowest BCUT2D eigenvalue weighted by molar-refractivity contribution is -0.384. The molecule has 0 fully saturated rings. The number of hydrogen-bond acceptors (Lipinski definition) is 7. The molecule has 0 spiro atoms. The van der Waals surface area contributed by atoms with Crippen LogP contribution >= 0.6 is 0 Å². The maximum atomic E-state index is 11.7. The molecule has 0 bridgehead atoms. The van der Waals surface area contributed by atoms with Crippen LogP contribution in [0.5, 0.6) is 0 Å². The fraction of sp³-hybridized carbons (Fsp3) is 0.438. The molecule has 128 valence electrons. The molecule has 2 rings (SSSR count). The summed E-state index contributed by atoms with van der Waals surface area (Å²) in [5.41, 5.74) is 0.531. The Balaban J connectivity index is 2.01. The van der Waals surface area contributed by atoms with Crippen molar-refractivity contribution in [3.05, 3.63) is 40.3 Å². The number of rotatable bonds is 7. The van der Waals surface area contributed by atoms with Gasteiger partial charge in [-0.2, -0.15) is 0 Å². The minimum Gasteiger partial charge on any atom is -0.453 e. The average Bonchev–Trinajstić information content (AvgIpc) is 3.03. The summed E-state index contributed by atoms with van der Waals surface area (Å²) in [5, 5.41) is 18.4. The predicted octanol–water partition coefficient (Wildman–Crippen LogP) is 3.69. The molecule has 8 nitrogen and oxygen atoms in total. The van der Waals surface area contributed by atoms with Crippen LogP contribution in [-0.2, 0) is 9.53 Å². The van der Waals surface area contributed by atoms with Gasteiger partial charge in [0.15, 0.2) is 6.10 Å². The lowest BCUT2D eigenvalue weighted by Gasteiger charge is -2.10. The Morgan fingerprint density at radius 2 is 1.92 bits per heavy atom. The zero-order valence-electron chi connectivity index (χ0n) is 13.8. The number of carbonyl (C=O) groups excluding carboxylic acids is 1. The highest BCUT2D eigenvalue weighted by Crippen LogP contribution is 2.24. The van der Waals surface area contributed by atoms with E-state index < -0.39 is 11.0 Å². The Morgan fingerprint density at radius 3 is 2.50 bits per heavy atom. The van der Waals surface area contributed by atoms with Crippen LogP contribution in [0.4, 0.5) is 5.69 Å². The third kappa shape index (κ3) is 4.61. The number of nitrogens with zero attached hydrogens (tertiary/aromatic N) is 3. The summed E-state index contributed by atoms with van der Waals surface area (Å²) >= 11 is 0. The minimum atomic E-state index is -0.649. The third-order valence-corrected chi connectivity index (χ3v) is 3.35. The Kier molecular flexibility index (Phi) is 5.62. The highest BCUT2D eigenvalue weighted by atomic mass is 16.6. The summed E-state index contributed by atoms with van der Waals surface area (Å²) in [7, 11) is 0. The molecule has 0 unspecified atom stereocenters. The number of ether oxygens (including phenoxy) is 1. The van der Waals surface area contributed by atoms with Gasteiger partial charge in [0, 0.05) is 24.1 Å². The van der Waals surface area contributed by atoms with Crippen LogP contribution in [-0.4, -0.2) is 21.1 Å². The van der Waals surface area contributed by atoms with Gasteiger partial charge >= 0.3 is 5.97 Å². The highest BCUT2D eigenvalue weighted by Gasteiger charge is 2.19. The van der Waals surface area contributed by atoms with E-state index in [4.69, 9.17) is 9.15 Å². The molecule has 0 saturated carbocycles. The number of nitro benzene ring substituents is 1. The van der Waals surface area contributed by atoms with Crippen LogP contribution in [0.2, 0.25) is 0 Å². The lowest BCUT2D eigenvalue weighted by Crippen LogP contribution is -2.09. The largest absolute Gasteiger partial charge is 0.453 e. The number of esters is 1. The zero-order chi connectivity index (χ0) is 17.7. The van der Waals surface area contributed by atoms with Crippen molar-refractivity contribution in [1.29, 1.82) is 0 Å². The van der Waals surface area contributed by atoms with Crippen LogP contribution in [0.1, 0.15) is 45.6 Å². The van der Waals surface area contributed by atoms with E-state index in [1.807, 2.05) is 13.8 Å². The Bertz CT molecular complexity index is 709. The van der Waals surface area contributed by atoms with Crippen molar-refractivity contribution in [3.8, 4) is 11.5 Å². The topological polar surface area (TPSA) is 108 Å². The van der Waals surface area contributed by atoms with Gasteiger partial charge < -0.3 is 9.15 Å². The SMILES string of the molecule is CC(C)CCC(=O)O[C@@H](C)c1nnc(-c2ccc([N+](=O)[O-])cc2)o1. The van der Waals surface area contributed by atoms with E-state index in [2.05, 4.69) is 10.2 Å². The molecule has 1 atom stereocenters. The van der Waals surface area contributed by atoms with E-state index in [9.17, 15) is 14.9 Å². The average molecular weight is 333 g/mol. The lowest BCUT2D eigenvalue weighted by atomic mass is 10.1. The molecular formula is C16H19N3O5. The Morgan fingerprint density at radius 1 is 1.25 bits per heavy atom. The second-order valence-electron chi connectivity index (χ2n) is 5.81. The van der Waals surface area contributed by atoms with Gasteiger partial charge in [-0.3, -0.25) is 14.9 Å². The number of hydrogen-bond donors (Lipinski definition) is 0. The van der Waals surface area contributed by atoms with Gasteiger partial charge in [0.2, 0.25) is 5.89 Å². The molecule has 0 N–H and O–H groups in total. The smallest absolute Gasteiger partial charge is 0.306 e. The predicted molar refractivity (Wildman–Crippen MR) is 85.0 cm³/mol. The maximum absolute atomic E-state index is 11.7. The first-order valence-electron chi connectivity index (χ1n) is 7.64. The fourth-order valence-corrected chi connectivity index (χ4v) is 1.95. The number of carbonyl (C=O) groups is 1. The van der Waals surface area contributed by atoms with E-state index in [0.29, 0.717) is 17.9 Å². The molecule has 1 aromatic heterocycles. The molecule has 0 aliphatic heterocycles. The summed E-state index contributed by atoms with van der Waals surface area (Å²) in [5.74, 6) is 0.502. The second-order valence-corrected chi connectivity index (χ2v) is 5.81. The molecule has 2 aromatic rings. The highest BCUT2D eigenvalue weighted by molar-refractivity contribution is 5.69. The number of non-ortho nitro benzene ring substituents is 1. The van der Waals surface area contributed by atoms with Gasteiger partial charge in [0.05, 0.1) is 4.92 Å². The normalized spacial score (nSPS) is 12.2. The van der Waals surface area contributed by atoms with Crippen molar-refractivity contribution in [2.45, 2.75) is 39.7 Å². The van der Waals surface area contributed by atoms with Crippen LogP contribution in [0.25, 0.3) is 11.5 Å². The number of nitro groups is 1. The van der Waals surface area contributed by atoms with Gasteiger partial charge in [-0.05, 0) is 31.4 Å². The maximum Gasteiger partial charge on any atom is 0.306 e. The molecular weight excluding hydrogens is 314 g/mol. The van der Waals surface area contributed by atoms with Crippen molar-refractivity contribution in [2.24, 2.45) is 5.92 Å². The summed E-state index contributed by atoms with van der Waals surface area (Å²) < 4.78 is 10.8. The molecule has 0 aliphatic rings. The Hall–Kier alpha value is -2.77. The zero-order valence-corrected chi connectivity index (χ0v) is 13.8. The minimum absolute atomic E-state index is 0.0223. The van der Waals surface area contributed by atoms with Crippen molar-refractivity contribution < 1.29 is 18.9 Å². The van der Waals surface area contributed by atoms with E-state index in [-0.39, 0.29) is 23.4 Å². The monoisotopic (exact) mass is 333 g/mol. The van der Waals surface area contributed by atoms with Gasteiger partial charge in [0.1, 0.15) is 0 Å². The van der Waals surface area contributed by atoms with Gasteiger partial charge in [-0.25, -0.2) is 0 Å². The van der Waals surface area contributed by atoms with Gasteiger partial charge in [-0.1, -0.05) is 13.8 Å². The molecule has 1 aromatic carbocycles. The van der Waals surface area contributed by atoms with Crippen molar-refractivity contribution in [1.82, 2.24) is 10.2 Å². The van der Waals surface area contributed by atoms with Gasteiger partial charge in [-0.15, -0.1) is 10.2 Å². The number of benzene rings is 1. The van der Waals surface area contributed by atoms with E-state index in [1.165, 1.54) is 24.3 Å². The van der Waals surface area contributed by atoms with Crippen LogP contribution in [0.15, 0.2) is 28.7 Å². The fourth-order valence-electron chi connectivity index (χ4n) is 1.95. The second kappa shape index (κ2) is 7.67. The van der Waals surface area contributed by atoms with Crippen molar-refractivity contribution in [3.63, 3.8) is 0 Å². The summed E-state index contributed by atoms with van der Waals surface area (Å²) in [6.45, 7) is 5.72. The number of aromatic nitrogens is 2. The van der Waals surface area contributed by atoms with Gasteiger partial charge in [0.25, 0.3) is 11.6 Å². The third-order valence-electron chi connectivity index (χ3n) is 3.35. The van der Waals surface area contributed by atoms with Crippen LogP contribution in [0, 0.1) is 16.0 Å². The molecule has 0 radical (unpaired) electrons. The van der Waals surface area contributed by atoms with Crippen molar-refractivity contribution in [2.75, 3.05) is 0 Å². The van der Waals surface area contributed by atoms with Crippen LogP contribution in [0.3, 0.4) is 0 Å². The summed E-state index contributed by atoms with van der Waals surface area (Å²) in [4.78, 5) is 21.9. The molecule has 8 heteroatoms. The first-order chi connectivity index (χ1) is 11.4. The molecule has 0 amide bonds. The summed E-state index contributed by atoms with van der Waals surface area (Å²) in [6, 6.07) is 5.76. The van der Waals surface area contributed by atoms with E-state index in [1.54, 1.807) is 6.92 Å². The first-order valence-corrected chi connectivity index (χ1v) is 7.64. The quantitative estimate of drug-likeness (QED) is 0.432. The molecule has 0 saturated heterocycles. The molecule has 24 heavy (non-hydrogen) atoms. The van der Waals surface area contributed by atoms with Crippen molar-refractivity contribution >= 4 is 11.7 Å². The first kappa shape index (κ1) is 17.6. The van der Waals surface area contributed by atoms with Crippen LogP contribution < -0.4 is 0 Å². The van der Waals surface area contributed by atoms with E-state index >= 15 is 0 Å². The Labute approximate surface area is 139 Å². The summed E-state index contributed by atoms with van der Waals surface area (Å²) in [6.07, 6.45) is 0.443.